The van der Waals surface area contributed by atoms with Gasteiger partial charge in [-0.25, -0.2) is 9.37 Å². The van der Waals surface area contributed by atoms with Crippen molar-refractivity contribution < 1.29 is 19.0 Å². The Hall–Kier alpha value is -1.89. The van der Waals surface area contributed by atoms with E-state index in [0.717, 1.165) is 0 Å². The highest BCUT2D eigenvalue weighted by molar-refractivity contribution is 6.35. The van der Waals surface area contributed by atoms with Crippen molar-refractivity contribution in [1.29, 1.82) is 0 Å². The van der Waals surface area contributed by atoms with E-state index in [0.29, 0.717) is 17.0 Å². The predicted octanol–water partition coefficient (Wildman–Crippen LogP) is 3.53. The molecular formula is C17H17Cl2FN2O3. The molecular weight excluding hydrogens is 370 g/mol. The molecule has 25 heavy (non-hydrogen) atoms. The lowest BCUT2D eigenvalue weighted by Gasteiger charge is -2.22. The molecule has 1 unspecified atom stereocenters. The summed E-state index contributed by atoms with van der Waals surface area (Å²) in [6.45, 7) is 1.42. The van der Waals surface area contributed by atoms with Crippen LogP contribution >= 0.6 is 23.2 Å². The van der Waals surface area contributed by atoms with E-state index in [4.69, 9.17) is 27.9 Å². The average molecular weight is 387 g/mol. The number of carbonyl (C=O) groups excluding carboxylic acids is 1. The molecule has 0 saturated heterocycles. The molecule has 0 saturated carbocycles. The van der Waals surface area contributed by atoms with Crippen molar-refractivity contribution in [1.82, 2.24) is 10.3 Å². The Kier molecular flexibility index (Phi) is 6.99. The third-order valence-electron chi connectivity index (χ3n) is 3.46. The van der Waals surface area contributed by atoms with Gasteiger partial charge in [-0.15, -0.1) is 0 Å². The largest absolute Gasteiger partial charge is 0.463 e. The molecule has 2 aromatic rings. The van der Waals surface area contributed by atoms with E-state index in [1.54, 1.807) is 6.92 Å². The number of pyridine rings is 1. The van der Waals surface area contributed by atoms with Crippen LogP contribution in [0, 0.1) is 5.82 Å². The summed E-state index contributed by atoms with van der Waals surface area (Å²) in [6, 6.07) is 6.29. The maximum absolute atomic E-state index is 13.0. The van der Waals surface area contributed by atoms with E-state index in [1.165, 1.54) is 36.5 Å². The second-order valence-corrected chi connectivity index (χ2v) is 6.09. The van der Waals surface area contributed by atoms with Crippen LogP contribution in [0.25, 0.3) is 0 Å². The van der Waals surface area contributed by atoms with Crippen molar-refractivity contribution in [2.24, 2.45) is 0 Å². The molecule has 0 spiro atoms. The molecule has 0 aliphatic heterocycles. The molecule has 2 N–H and O–H groups in total. The summed E-state index contributed by atoms with van der Waals surface area (Å²) in [4.78, 5) is 16.4. The maximum Gasteiger partial charge on any atom is 0.261 e. The summed E-state index contributed by atoms with van der Waals surface area (Å²) in [5.74, 6) is -0.751. The third kappa shape index (κ3) is 5.29. The third-order valence-corrected chi connectivity index (χ3v) is 3.94. The fourth-order valence-electron chi connectivity index (χ4n) is 2.14. The molecule has 5 nitrogen and oxygen atoms in total. The summed E-state index contributed by atoms with van der Waals surface area (Å²) < 4.78 is 18.6. The fraction of sp³-hybridized carbons (Fsp3) is 0.294. The number of ether oxygens (including phenoxy) is 1. The highest BCUT2D eigenvalue weighted by Crippen LogP contribution is 2.26. The predicted molar refractivity (Wildman–Crippen MR) is 93.3 cm³/mol. The van der Waals surface area contributed by atoms with Crippen LogP contribution in [0.4, 0.5) is 4.39 Å². The number of halogens is 3. The second kappa shape index (κ2) is 8.99. The topological polar surface area (TPSA) is 71.5 Å². The van der Waals surface area contributed by atoms with E-state index in [9.17, 15) is 14.3 Å². The summed E-state index contributed by atoms with van der Waals surface area (Å²) in [5, 5.41) is 12.7. The Morgan fingerprint density at radius 1 is 1.36 bits per heavy atom. The SMILES string of the molecule is CC[C@@H](Oc1ncc(Cl)cc1Cl)C(=O)NC(CO)c1ccc(F)cc1. The van der Waals surface area contributed by atoms with Gasteiger partial charge in [0.25, 0.3) is 5.91 Å². The number of nitrogens with zero attached hydrogens (tertiary/aromatic N) is 1. The number of amides is 1. The van der Waals surface area contributed by atoms with E-state index in [1.807, 2.05) is 0 Å². The zero-order chi connectivity index (χ0) is 18.4. The Bertz CT molecular complexity index is 728. The van der Waals surface area contributed by atoms with Crippen molar-refractivity contribution in [3.05, 3.63) is 58.0 Å². The number of hydrogen-bond acceptors (Lipinski definition) is 4. The molecule has 1 heterocycles. The zero-order valence-electron chi connectivity index (χ0n) is 13.4. The van der Waals surface area contributed by atoms with Gasteiger partial charge in [0.05, 0.1) is 17.7 Å². The molecule has 1 aromatic heterocycles. The van der Waals surface area contributed by atoms with Crippen molar-refractivity contribution in [3.63, 3.8) is 0 Å². The van der Waals surface area contributed by atoms with Crippen molar-refractivity contribution in [2.75, 3.05) is 6.61 Å². The minimum Gasteiger partial charge on any atom is -0.463 e. The fourth-order valence-corrected chi connectivity index (χ4v) is 2.56. The molecule has 2 atom stereocenters. The highest BCUT2D eigenvalue weighted by atomic mass is 35.5. The van der Waals surface area contributed by atoms with Crippen LogP contribution in [0.3, 0.4) is 0 Å². The first-order valence-electron chi connectivity index (χ1n) is 7.59. The van der Waals surface area contributed by atoms with E-state index in [-0.39, 0.29) is 17.5 Å². The number of aliphatic hydroxyl groups excluding tert-OH is 1. The summed E-state index contributed by atoms with van der Waals surface area (Å²) in [7, 11) is 0. The summed E-state index contributed by atoms with van der Waals surface area (Å²) in [6.07, 6.45) is 0.858. The smallest absolute Gasteiger partial charge is 0.261 e. The van der Waals surface area contributed by atoms with E-state index in [2.05, 4.69) is 10.3 Å². The molecule has 0 fully saturated rings. The van der Waals surface area contributed by atoms with Crippen LogP contribution in [0.1, 0.15) is 24.9 Å². The number of nitrogens with one attached hydrogen (secondary N) is 1. The zero-order valence-corrected chi connectivity index (χ0v) is 14.9. The number of rotatable bonds is 7. The number of aliphatic hydroxyl groups is 1. The van der Waals surface area contributed by atoms with Gasteiger partial charge >= 0.3 is 0 Å². The molecule has 134 valence electrons. The van der Waals surface area contributed by atoms with Gasteiger partial charge in [-0.3, -0.25) is 4.79 Å². The maximum atomic E-state index is 13.0. The Balaban J connectivity index is 2.08. The molecule has 2 rings (SSSR count). The lowest BCUT2D eigenvalue weighted by Crippen LogP contribution is -2.41. The molecule has 0 radical (unpaired) electrons. The Labute approximate surface area is 154 Å². The molecule has 0 aliphatic rings. The van der Waals surface area contributed by atoms with Crippen molar-refractivity contribution in [2.45, 2.75) is 25.5 Å². The Morgan fingerprint density at radius 2 is 2.04 bits per heavy atom. The standard InChI is InChI=1S/C17H17Cl2FN2O3/c1-2-15(25-17-13(19)7-11(18)8-21-17)16(24)22-14(9-23)10-3-5-12(20)6-4-10/h3-8,14-15,23H,2,9H2,1H3,(H,22,24)/t14?,15-/m1/s1. The molecule has 1 aromatic carbocycles. The van der Waals surface area contributed by atoms with Crippen LogP contribution in [0.15, 0.2) is 36.5 Å². The lowest BCUT2D eigenvalue weighted by molar-refractivity contribution is -0.129. The van der Waals surface area contributed by atoms with Crippen LogP contribution in [-0.4, -0.2) is 28.7 Å². The van der Waals surface area contributed by atoms with Gasteiger partial charge < -0.3 is 15.2 Å². The average Bonchev–Trinajstić information content (AvgIpc) is 2.59. The number of benzene rings is 1. The van der Waals surface area contributed by atoms with Gasteiger partial charge in [0, 0.05) is 6.20 Å². The molecule has 0 aliphatic carbocycles. The van der Waals surface area contributed by atoms with Gasteiger partial charge in [-0.05, 0) is 30.2 Å². The monoisotopic (exact) mass is 386 g/mol. The van der Waals surface area contributed by atoms with Gasteiger partial charge in [0.2, 0.25) is 5.88 Å². The van der Waals surface area contributed by atoms with Gasteiger partial charge in [0.1, 0.15) is 10.8 Å². The number of aromatic nitrogens is 1. The summed E-state index contributed by atoms with van der Waals surface area (Å²) >= 11 is 11.8. The lowest BCUT2D eigenvalue weighted by atomic mass is 10.1. The highest BCUT2D eigenvalue weighted by Gasteiger charge is 2.23. The molecule has 8 heteroatoms. The number of carbonyl (C=O) groups is 1. The van der Waals surface area contributed by atoms with E-state index >= 15 is 0 Å². The van der Waals surface area contributed by atoms with Crippen molar-refractivity contribution >= 4 is 29.1 Å². The first-order chi connectivity index (χ1) is 11.9. The quantitative estimate of drug-likeness (QED) is 0.763. The van der Waals surface area contributed by atoms with Gasteiger partial charge in [0.15, 0.2) is 6.10 Å². The molecule has 0 bridgehead atoms. The summed E-state index contributed by atoms with van der Waals surface area (Å²) in [5.41, 5.74) is 0.578. The minimum atomic E-state index is -0.860. The van der Waals surface area contributed by atoms with Gasteiger partial charge in [-0.2, -0.15) is 0 Å². The van der Waals surface area contributed by atoms with E-state index < -0.39 is 23.9 Å². The second-order valence-electron chi connectivity index (χ2n) is 5.25. The number of hydrogen-bond donors (Lipinski definition) is 2. The van der Waals surface area contributed by atoms with Crippen LogP contribution in [-0.2, 0) is 4.79 Å². The van der Waals surface area contributed by atoms with Crippen LogP contribution in [0.2, 0.25) is 10.0 Å². The first-order valence-corrected chi connectivity index (χ1v) is 8.34. The Morgan fingerprint density at radius 3 is 2.60 bits per heavy atom. The van der Waals surface area contributed by atoms with Gasteiger partial charge in [-0.1, -0.05) is 42.3 Å². The van der Waals surface area contributed by atoms with Crippen LogP contribution < -0.4 is 10.1 Å². The van der Waals surface area contributed by atoms with Crippen molar-refractivity contribution in [3.8, 4) is 5.88 Å². The first kappa shape index (κ1) is 19.4. The van der Waals surface area contributed by atoms with Crippen LogP contribution in [0.5, 0.6) is 5.88 Å². The molecule has 1 amide bonds. The minimum absolute atomic E-state index is 0.0930. The normalized spacial score (nSPS) is 13.2.